The predicted molar refractivity (Wildman–Crippen MR) is 87.4 cm³/mol. The first-order valence-electron chi connectivity index (χ1n) is 7.29. The van der Waals surface area contributed by atoms with Crippen LogP contribution < -0.4 is 21.5 Å². The molecule has 1 aromatic rings. The van der Waals surface area contributed by atoms with Crippen LogP contribution in [0.15, 0.2) is 9.59 Å². The molecule has 0 fully saturated rings. The number of likely N-dealkylation sites (N-methyl/N-ethyl adjacent to an activating group) is 1. The zero-order valence-corrected chi connectivity index (χ0v) is 14.4. The molecule has 8 nitrogen and oxygen atoms in total. The molecule has 126 valence electrons. The zero-order chi connectivity index (χ0) is 17.9. The standard InChI is InChI=1S/C15H23N5O3/c1-7-20(9-11(21)17-15(2,3)4)12-10(8-16)13(22)19(6)14(23)18(12)5/h7,9H2,1-6H3,(H,17,21). The van der Waals surface area contributed by atoms with E-state index in [0.29, 0.717) is 6.54 Å². The van der Waals surface area contributed by atoms with Crippen LogP contribution >= 0.6 is 0 Å². The minimum atomic E-state index is -0.666. The Balaban J connectivity index is 3.38. The summed E-state index contributed by atoms with van der Waals surface area (Å²) in [6, 6.07) is 1.84. The number of aromatic nitrogens is 2. The van der Waals surface area contributed by atoms with Gasteiger partial charge in [-0.05, 0) is 27.7 Å². The summed E-state index contributed by atoms with van der Waals surface area (Å²) in [4.78, 5) is 37.9. The maximum atomic E-state index is 12.1. The van der Waals surface area contributed by atoms with Gasteiger partial charge in [-0.2, -0.15) is 5.26 Å². The third kappa shape index (κ3) is 4.00. The molecule has 0 spiro atoms. The van der Waals surface area contributed by atoms with Crippen LogP contribution in [0, 0.1) is 11.3 Å². The number of rotatable bonds is 4. The van der Waals surface area contributed by atoms with Gasteiger partial charge in [0.25, 0.3) is 5.56 Å². The second kappa shape index (κ2) is 6.69. The number of nitriles is 1. The molecule has 0 aliphatic carbocycles. The molecule has 23 heavy (non-hydrogen) atoms. The Morgan fingerprint density at radius 2 is 1.83 bits per heavy atom. The molecule has 0 aliphatic heterocycles. The van der Waals surface area contributed by atoms with Crippen molar-refractivity contribution in [2.24, 2.45) is 14.1 Å². The van der Waals surface area contributed by atoms with Crippen LogP contribution in [0.4, 0.5) is 5.82 Å². The topological polar surface area (TPSA) is 100 Å². The van der Waals surface area contributed by atoms with E-state index in [4.69, 9.17) is 0 Å². The molecular weight excluding hydrogens is 298 g/mol. The van der Waals surface area contributed by atoms with Gasteiger partial charge in [-0.3, -0.25) is 18.7 Å². The van der Waals surface area contributed by atoms with Crippen molar-refractivity contribution in [2.45, 2.75) is 33.2 Å². The molecule has 0 aliphatic rings. The van der Waals surface area contributed by atoms with Crippen LogP contribution in [-0.4, -0.2) is 33.7 Å². The van der Waals surface area contributed by atoms with Crippen LogP contribution in [0.2, 0.25) is 0 Å². The highest BCUT2D eigenvalue weighted by Gasteiger charge is 2.23. The van der Waals surface area contributed by atoms with E-state index in [1.165, 1.54) is 18.7 Å². The van der Waals surface area contributed by atoms with Gasteiger partial charge >= 0.3 is 5.69 Å². The van der Waals surface area contributed by atoms with E-state index in [2.05, 4.69) is 5.32 Å². The SMILES string of the molecule is CCN(CC(=O)NC(C)(C)C)c1c(C#N)c(=O)n(C)c(=O)n1C. The average molecular weight is 321 g/mol. The van der Waals surface area contributed by atoms with Crippen LogP contribution in [0.1, 0.15) is 33.3 Å². The minimum absolute atomic E-state index is 0.0527. The Labute approximate surface area is 134 Å². The van der Waals surface area contributed by atoms with E-state index in [9.17, 15) is 19.6 Å². The molecule has 1 heterocycles. The fraction of sp³-hybridized carbons (Fsp3) is 0.600. The fourth-order valence-electron chi connectivity index (χ4n) is 2.27. The zero-order valence-electron chi connectivity index (χ0n) is 14.4. The largest absolute Gasteiger partial charge is 0.350 e. The van der Waals surface area contributed by atoms with Crippen LogP contribution in [0.3, 0.4) is 0 Å². The molecule has 1 aromatic heterocycles. The predicted octanol–water partition coefficient (Wildman–Crippen LogP) is -0.303. The molecular formula is C15H23N5O3. The molecule has 8 heteroatoms. The normalized spacial score (nSPS) is 11.0. The quantitative estimate of drug-likeness (QED) is 0.820. The molecule has 0 aromatic carbocycles. The lowest BCUT2D eigenvalue weighted by molar-refractivity contribution is -0.121. The maximum Gasteiger partial charge on any atom is 0.332 e. The van der Waals surface area contributed by atoms with E-state index in [-0.39, 0.29) is 23.8 Å². The summed E-state index contributed by atoms with van der Waals surface area (Å²) in [5, 5.41) is 12.1. The van der Waals surface area contributed by atoms with Crippen molar-refractivity contribution in [3.8, 4) is 6.07 Å². The van der Waals surface area contributed by atoms with Crippen molar-refractivity contribution < 1.29 is 4.79 Å². The number of carbonyl (C=O) groups is 1. The molecule has 0 radical (unpaired) electrons. The van der Waals surface area contributed by atoms with Crippen LogP contribution in [0.25, 0.3) is 0 Å². The Kier molecular flexibility index (Phi) is 5.38. The number of hydrogen-bond acceptors (Lipinski definition) is 5. The number of nitrogens with one attached hydrogen (secondary N) is 1. The molecule has 0 bridgehead atoms. The lowest BCUT2D eigenvalue weighted by Gasteiger charge is -2.28. The van der Waals surface area contributed by atoms with Gasteiger partial charge in [-0.25, -0.2) is 4.79 Å². The highest BCUT2D eigenvalue weighted by atomic mass is 16.2. The maximum absolute atomic E-state index is 12.1. The van der Waals surface area contributed by atoms with E-state index in [1.807, 2.05) is 26.8 Å². The van der Waals surface area contributed by atoms with E-state index < -0.39 is 16.8 Å². The van der Waals surface area contributed by atoms with Gasteiger partial charge in [-0.15, -0.1) is 0 Å². The first-order chi connectivity index (χ1) is 10.5. The number of carbonyl (C=O) groups excluding carboxylic acids is 1. The lowest BCUT2D eigenvalue weighted by atomic mass is 10.1. The molecule has 0 saturated heterocycles. The average Bonchev–Trinajstić information content (AvgIpc) is 2.44. The molecule has 0 saturated carbocycles. The first kappa shape index (κ1) is 18.5. The van der Waals surface area contributed by atoms with Gasteiger partial charge in [-0.1, -0.05) is 0 Å². The first-order valence-corrected chi connectivity index (χ1v) is 7.29. The van der Waals surface area contributed by atoms with Gasteiger partial charge in [0.05, 0.1) is 6.54 Å². The summed E-state index contributed by atoms with van der Waals surface area (Å²) in [6.45, 7) is 7.67. The Hall–Kier alpha value is -2.56. The third-order valence-electron chi connectivity index (χ3n) is 3.28. The minimum Gasteiger partial charge on any atom is -0.350 e. The number of nitrogens with zero attached hydrogens (tertiary/aromatic N) is 4. The molecule has 1 N–H and O–H groups in total. The third-order valence-corrected chi connectivity index (χ3v) is 3.28. The Morgan fingerprint density at radius 3 is 2.26 bits per heavy atom. The number of hydrogen-bond donors (Lipinski definition) is 1. The van der Waals surface area contributed by atoms with Crippen molar-refractivity contribution in [3.63, 3.8) is 0 Å². The summed E-state index contributed by atoms with van der Waals surface area (Å²) in [5.74, 6) is -0.0940. The number of amides is 1. The molecule has 1 rings (SSSR count). The smallest absolute Gasteiger partial charge is 0.332 e. The number of anilines is 1. The summed E-state index contributed by atoms with van der Waals surface area (Å²) >= 11 is 0. The summed E-state index contributed by atoms with van der Waals surface area (Å²) in [7, 11) is 2.79. The van der Waals surface area contributed by atoms with Gasteiger partial charge in [0.1, 0.15) is 11.9 Å². The Morgan fingerprint density at radius 1 is 1.26 bits per heavy atom. The van der Waals surface area contributed by atoms with Gasteiger partial charge in [0.2, 0.25) is 5.91 Å². The van der Waals surface area contributed by atoms with Crippen molar-refractivity contribution >= 4 is 11.7 Å². The van der Waals surface area contributed by atoms with Crippen molar-refractivity contribution in [3.05, 3.63) is 26.4 Å². The highest BCUT2D eigenvalue weighted by Crippen LogP contribution is 2.14. The van der Waals surface area contributed by atoms with Gasteiger partial charge < -0.3 is 10.2 Å². The highest BCUT2D eigenvalue weighted by molar-refractivity contribution is 5.82. The van der Waals surface area contributed by atoms with Crippen LogP contribution in [-0.2, 0) is 18.9 Å². The second-order valence-corrected chi connectivity index (χ2v) is 6.33. The van der Waals surface area contributed by atoms with Crippen molar-refractivity contribution in [1.82, 2.24) is 14.5 Å². The summed E-state index contributed by atoms with van der Waals surface area (Å²) in [5.41, 5.74) is -1.76. The van der Waals surface area contributed by atoms with E-state index >= 15 is 0 Å². The lowest BCUT2D eigenvalue weighted by Crippen LogP contribution is -2.48. The van der Waals surface area contributed by atoms with Crippen LogP contribution in [0.5, 0.6) is 0 Å². The second-order valence-electron chi connectivity index (χ2n) is 6.33. The summed E-state index contributed by atoms with van der Waals surface area (Å²) < 4.78 is 2.10. The van der Waals surface area contributed by atoms with E-state index in [0.717, 1.165) is 4.57 Å². The summed E-state index contributed by atoms with van der Waals surface area (Å²) in [6.07, 6.45) is 0. The molecule has 0 unspecified atom stereocenters. The van der Waals surface area contributed by atoms with Crippen molar-refractivity contribution in [1.29, 1.82) is 5.26 Å². The van der Waals surface area contributed by atoms with E-state index in [1.54, 1.807) is 11.8 Å². The monoisotopic (exact) mass is 321 g/mol. The van der Waals surface area contributed by atoms with Gasteiger partial charge in [0, 0.05) is 26.2 Å². The molecule has 0 atom stereocenters. The Bertz CT molecular complexity index is 762. The van der Waals surface area contributed by atoms with Crippen molar-refractivity contribution in [2.75, 3.05) is 18.0 Å². The fourth-order valence-corrected chi connectivity index (χ4v) is 2.27. The molecule has 1 amide bonds. The van der Waals surface area contributed by atoms with Gasteiger partial charge in [0.15, 0.2) is 5.56 Å².